The molecule has 1 fully saturated rings. The summed E-state index contributed by atoms with van der Waals surface area (Å²) >= 11 is 0. The van der Waals surface area contributed by atoms with E-state index in [0.29, 0.717) is 5.92 Å². The molecular formula is C10H11NO. The second-order valence-electron chi connectivity index (χ2n) is 3.73. The first-order chi connectivity index (χ1) is 5.65. The second kappa shape index (κ2) is 2.13. The molecular weight excluding hydrogens is 150 g/mol. The molecule has 2 nitrogen and oxygen atoms in total. The van der Waals surface area contributed by atoms with Crippen LogP contribution in [0, 0.1) is 23.7 Å². The maximum atomic E-state index is 8.81. The summed E-state index contributed by atoms with van der Waals surface area (Å²) in [4.78, 5) is 0. The molecule has 1 aromatic rings. The summed E-state index contributed by atoms with van der Waals surface area (Å²) in [6.07, 6.45) is 0.941. The van der Waals surface area contributed by atoms with Crippen LogP contribution in [0.4, 0.5) is 0 Å². The molecule has 2 heteroatoms. The topological polar surface area (TPSA) is 36.9 Å². The number of nitrogens with zero attached hydrogens (tertiary/aromatic N) is 1. The summed E-state index contributed by atoms with van der Waals surface area (Å²) < 4.78 is 5.45. The minimum absolute atomic E-state index is 0.162. The largest absolute Gasteiger partial charge is 0.466 e. The molecule has 0 spiro atoms. The number of nitriles is 1. The van der Waals surface area contributed by atoms with Crippen molar-refractivity contribution in [2.75, 3.05) is 0 Å². The first-order valence-electron chi connectivity index (χ1n) is 4.13. The Hall–Kier alpha value is -1.23. The Morgan fingerprint density at radius 3 is 2.83 bits per heavy atom. The van der Waals surface area contributed by atoms with E-state index >= 15 is 0 Å². The molecule has 1 aromatic heterocycles. The van der Waals surface area contributed by atoms with Crippen LogP contribution in [0.15, 0.2) is 16.5 Å². The molecule has 12 heavy (non-hydrogen) atoms. The van der Waals surface area contributed by atoms with E-state index in [1.165, 1.54) is 0 Å². The fourth-order valence-corrected chi connectivity index (χ4v) is 1.54. The normalized spacial score (nSPS) is 32.9. The lowest BCUT2D eigenvalue weighted by molar-refractivity contribution is 0.472. The van der Waals surface area contributed by atoms with Crippen LogP contribution in [-0.2, 0) is 0 Å². The van der Waals surface area contributed by atoms with Gasteiger partial charge in [0.15, 0.2) is 0 Å². The predicted molar refractivity (Wildman–Crippen MR) is 44.5 cm³/mol. The Bertz CT molecular complexity index is 347. The van der Waals surface area contributed by atoms with Gasteiger partial charge in [-0.3, -0.25) is 0 Å². The van der Waals surface area contributed by atoms with E-state index in [4.69, 9.17) is 9.68 Å². The highest BCUT2D eigenvalue weighted by atomic mass is 16.3. The zero-order valence-electron chi connectivity index (χ0n) is 7.29. The molecule has 0 bridgehead atoms. The maximum Gasteiger partial charge on any atom is 0.108 e. The lowest BCUT2D eigenvalue weighted by Gasteiger charge is -1.95. The average molecular weight is 161 g/mol. The molecule has 0 aliphatic heterocycles. The second-order valence-corrected chi connectivity index (χ2v) is 3.73. The third-order valence-corrected chi connectivity index (χ3v) is 2.60. The average Bonchev–Trinajstić information content (AvgIpc) is 2.54. The molecule has 0 N–H and O–H groups in total. The van der Waals surface area contributed by atoms with Gasteiger partial charge in [-0.1, -0.05) is 0 Å². The Morgan fingerprint density at radius 2 is 2.42 bits per heavy atom. The van der Waals surface area contributed by atoms with E-state index in [0.717, 1.165) is 17.9 Å². The minimum Gasteiger partial charge on any atom is -0.466 e. The summed E-state index contributed by atoms with van der Waals surface area (Å²) in [5.74, 6) is 2.23. The molecule has 1 aliphatic rings. The van der Waals surface area contributed by atoms with Crippen molar-refractivity contribution >= 4 is 0 Å². The maximum absolute atomic E-state index is 8.81. The standard InChI is InChI=1S/C10H11NO/c1-7-3-4-9(12-7)8-5-10(8,2)6-11/h3-4,8H,5H2,1-2H3. The van der Waals surface area contributed by atoms with Gasteiger partial charge in [-0.15, -0.1) is 0 Å². The molecule has 2 atom stereocenters. The number of aryl methyl sites for hydroxylation is 1. The van der Waals surface area contributed by atoms with Crippen molar-refractivity contribution < 1.29 is 4.42 Å². The number of furan rings is 1. The number of hydrogen-bond donors (Lipinski definition) is 0. The zero-order chi connectivity index (χ0) is 8.77. The molecule has 2 rings (SSSR count). The number of hydrogen-bond acceptors (Lipinski definition) is 2. The predicted octanol–water partition coefficient (Wildman–Crippen LogP) is 2.61. The molecule has 1 saturated carbocycles. The van der Waals surface area contributed by atoms with Gasteiger partial charge in [-0.2, -0.15) is 5.26 Å². The van der Waals surface area contributed by atoms with Gasteiger partial charge in [0.1, 0.15) is 11.5 Å². The van der Waals surface area contributed by atoms with Gasteiger partial charge in [0, 0.05) is 5.92 Å². The quantitative estimate of drug-likeness (QED) is 0.634. The van der Waals surface area contributed by atoms with E-state index < -0.39 is 0 Å². The van der Waals surface area contributed by atoms with Gasteiger partial charge in [0.25, 0.3) is 0 Å². The fraction of sp³-hybridized carbons (Fsp3) is 0.500. The minimum atomic E-state index is -0.162. The van der Waals surface area contributed by atoms with Crippen LogP contribution < -0.4 is 0 Å². The Kier molecular flexibility index (Phi) is 1.32. The highest BCUT2D eigenvalue weighted by molar-refractivity contribution is 5.28. The molecule has 0 saturated heterocycles. The van der Waals surface area contributed by atoms with Crippen molar-refractivity contribution in [1.82, 2.24) is 0 Å². The lowest BCUT2D eigenvalue weighted by Crippen LogP contribution is -1.90. The third kappa shape index (κ3) is 0.937. The highest BCUT2D eigenvalue weighted by Gasteiger charge is 2.53. The van der Waals surface area contributed by atoms with Gasteiger partial charge in [-0.05, 0) is 32.4 Å². The molecule has 0 amide bonds. The van der Waals surface area contributed by atoms with Crippen LogP contribution in [0.1, 0.15) is 30.8 Å². The van der Waals surface area contributed by atoms with Gasteiger partial charge >= 0.3 is 0 Å². The van der Waals surface area contributed by atoms with E-state index in [9.17, 15) is 0 Å². The van der Waals surface area contributed by atoms with Crippen molar-refractivity contribution in [3.05, 3.63) is 23.7 Å². The van der Waals surface area contributed by atoms with Gasteiger partial charge < -0.3 is 4.42 Å². The molecule has 1 aliphatic carbocycles. The van der Waals surface area contributed by atoms with Crippen LogP contribution in [0.5, 0.6) is 0 Å². The van der Waals surface area contributed by atoms with Gasteiger partial charge in [0.2, 0.25) is 0 Å². The molecule has 2 unspecified atom stereocenters. The zero-order valence-corrected chi connectivity index (χ0v) is 7.29. The summed E-state index contributed by atoms with van der Waals surface area (Å²) in [6.45, 7) is 3.91. The van der Waals surface area contributed by atoms with Crippen molar-refractivity contribution in [2.45, 2.75) is 26.2 Å². The SMILES string of the molecule is Cc1ccc(C2CC2(C)C#N)o1. The Morgan fingerprint density at radius 1 is 1.67 bits per heavy atom. The summed E-state index contributed by atoms with van der Waals surface area (Å²) in [5, 5.41) is 8.81. The van der Waals surface area contributed by atoms with Gasteiger partial charge in [-0.25, -0.2) is 0 Å². The summed E-state index contributed by atoms with van der Waals surface area (Å²) in [6, 6.07) is 6.24. The lowest BCUT2D eigenvalue weighted by atomic mass is 10.1. The van der Waals surface area contributed by atoms with Crippen LogP contribution in [0.3, 0.4) is 0 Å². The molecule has 1 heterocycles. The van der Waals surface area contributed by atoms with Crippen LogP contribution in [-0.4, -0.2) is 0 Å². The van der Waals surface area contributed by atoms with Crippen molar-refractivity contribution in [2.24, 2.45) is 5.41 Å². The fourth-order valence-electron chi connectivity index (χ4n) is 1.54. The van der Waals surface area contributed by atoms with E-state index in [1.807, 2.05) is 26.0 Å². The molecule has 0 radical (unpaired) electrons. The Balaban J connectivity index is 2.22. The van der Waals surface area contributed by atoms with Gasteiger partial charge in [0.05, 0.1) is 11.5 Å². The third-order valence-electron chi connectivity index (χ3n) is 2.60. The highest BCUT2D eigenvalue weighted by Crippen LogP contribution is 2.58. The Labute approximate surface area is 71.8 Å². The first-order valence-corrected chi connectivity index (χ1v) is 4.13. The van der Waals surface area contributed by atoms with Crippen molar-refractivity contribution in [3.63, 3.8) is 0 Å². The summed E-state index contributed by atoms with van der Waals surface area (Å²) in [5.41, 5.74) is -0.162. The molecule has 0 aromatic carbocycles. The molecule has 62 valence electrons. The van der Waals surface area contributed by atoms with Crippen molar-refractivity contribution in [1.29, 1.82) is 5.26 Å². The number of rotatable bonds is 1. The van der Waals surface area contributed by atoms with Crippen LogP contribution in [0.2, 0.25) is 0 Å². The van der Waals surface area contributed by atoms with E-state index in [1.54, 1.807) is 0 Å². The summed E-state index contributed by atoms with van der Waals surface area (Å²) in [7, 11) is 0. The van der Waals surface area contributed by atoms with E-state index in [2.05, 4.69) is 6.07 Å². The monoisotopic (exact) mass is 161 g/mol. The smallest absolute Gasteiger partial charge is 0.108 e. The first kappa shape index (κ1) is 7.42. The van der Waals surface area contributed by atoms with Crippen LogP contribution in [0.25, 0.3) is 0 Å². The van der Waals surface area contributed by atoms with E-state index in [-0.39, 0.29) is 5.41 Å². The van der Waals surface area contributed by atoms with Crippen molar-refractivity contribution in [3.8, 4) is 6.07 Å². The van der Waals surface area contributed by atoms with Crippen LogP contribution >= 0.6 is 0 Å².